The summed E-state index contributed by atoms with van der Waals surface area (Å²) in [5.74, 6) is -0.185. The predicted molar refractivity (Wildman–Crippen MR) is 26.0 cm³/mol. The van der Waals surface area contributed by atoms with Gasteiger partial charge in [0.05, 0.1) is 0 Å². The summed E-state index contributed by atoms with van der Waals surface area (Å²) in [5.41, 5.74) is 4.89. The Morgan fingerprint density at radius 1 is 1.56 bits per heavy atom. The second kappa shape index (κ2) is 6.99. The van der Waals surface area contributed by atoms with Crippen LogP contribution in [0.15, 0.2) is 4.99 Å². The van der Waals surface area contributed by atoms with Gasteiger partial charge in [-0.2, -0.15) is 10.5 Å². The van der Waals surface area contributed by atoms with E-state index in [0.717, 1.165) is 0 Å². The largest absolute Gasteiger partial charge is 1.00 e. The maximum absolute atomic E-state index is 7.83. The van der Waals surface area contributed by atoms with Crippen LogP contribution >= 0.6 is 0 Å². The zero-order valence-electron chi connectivity index (χ0n) is 4.22. The molecular weight excluding hydrogens is 214 g/mol. The molecule has 0 radical (unpaired) electrons. The molecule has 0 spiro atoms. The molecule has 0 aromatic carbocycles. The first-order valence-corrected chi connectivity index (χ1v) is 1.68. The van der Waals surface area contributed by atoms with Crippen LogP contribution in [0.2, 0.25) is 0 Å². The second-order valence-electron chi connectivity index (χ2n) is 0.834. The summed E-state index contributed by atoms with van der Waals surface area (Å²) in [6.45, 7) is 0. The van der Waals surface area contributed by atoms with E-state index >= 15 is 0 Å². The first-order chi connectivity index (χ1) is 3.81. The molecular formula is C3H3AgN5+. The minimum absolute atomic E-state index is 0. The number of guanidine groups is 1. The molecule has 0 heterocycles. The van der Waals surface area contributed by atoms with E-state index in [0.29, 0.717) is 0 Å². The number of hydrogen-bond donors (Lipinski definition) is 2. The van der Waals surface area contributed by atoms with Gasteiger partial charge in [0.1, 0.15) is 0 Å². The second-order valence-corrected chi connectivity index (χ2v) is 0.834. The number of nitrogens with one attached hydrogen (secondary N) is 1. The molecule has 0 atom stereocenters. The van der Waals surface area contributed by atoms with Crippen LogP contribution in [0.4, 0.5) is 0 Å². The molecule has 0 bridgehead atoms. The number of nitriles is 2. The van der Waals surface area contributed by atoms with Crippen molar-refractivity contribution in [2.45, 2.75) is 0 Å². The van der Waals surface area contributed by atoms with E-state index in [1.165, 1.54) is 12.4 Å². The number of hydrogen-bond acceptors (Lipinski definition) is 3. The predicted octanol–water partition coefficient (Wildman–Crippen LogP) is -1.15. The summed E-state index contributed by atoms with van der Waals surface area (Å²) in [5, 5.41) is 17.6. The van der Waals surface area contributed by atoms with E-state index in [1.807, 2.05) is 5.32 Å². The van der Waals surface area contributed by atoms with E-state index in [4.69, 9.17) is 16.3 Å². The van der Waals surface area contributed by atoms with Crippen molar-refractivity contribution >= 4 is 5.96 Å². The fourth-order valence-electron chi connectivity index (χ4n) is 0.139. The summed E-state index contributed by atoms with van der Waals surface area (Å²) in [6.07, 6.45) is 2.90. The van der Waals surface area contributed by atoms with Gasteiger partial charge in [-0.3, -0.25) is 5.32 Å². The quantitative estimate of drug-likeness (QED) is 0.176. The molecule has 5 nitrogen and oxygen atoms in total. The van der Waals surface area contributed by atoms with Crippen LogP contribution in [0.25, 0.3) is 0 Å². The van der Waals surface area contributed by atoms with E-state index < -0.39 is 0 Å². The summed E-state index contributed by atoms with van der Waals surface area (Å²) in [7, 11) is 0. The molecule has 0 aromatic heterocycles. The van der Waals surface area contributed by atoms with Gasteiger partial charge in [0.2, 0.25) is 12.2 Å². The molecule has 0 saturated heterocycles. The maximum Gasteiger partial charge on any atom is 1.00 e. The zero-order chi connectivity index (χ0) is 6.41. The Hall–Kier alpha value is -1.01. The molecule has 0 fully saturated rings. The molecule has 50 valence electrons. The normalized spacial score (nSPS) is 8.00. The first kappa shape index (κ1) is 10.9. The van der Waals surface area contributed by atoms with Gasteiger partial charge >= 0.3 is 22.4 Å². The van der Waals surface area contributed by atoms with Crippen molar-refractivity contribution in [3.05, 3.63) is 0 Å². The molecule has 6 heteroatoms. The van der Waals surface area contributed by atoms with Crippen molar-refractivity contribution in [2.24, 2.45) is 10.7 Å². The molecule has 9 heavy (non-hydrogen) atoms. The third-order valence-corrected chi connectivity index (χ3v) is 0.354. The Labute approximate surface area is 67.7 Å². The average molecular weight is 217 g/mol. The fourth-order valence-corrected chi connectivity index (χ4v) is 0.139. The van der Waals surface area contributed by atoms with Crippen LogP contribution in [-0.4, -0.2) is 5.96 Å². The third-order valence-electron chi connectivity index (χ3n) is 0.354. The fraction of sp³-hybridized carbons (Fsp3) is 0. The molecule has 0 aliphatic carbocycles. The monoisotopic (exact) mass is 216 g/mol. The van der Waals surface area contributed by atoms with Crippen LogP contribution < -0.4 is 11.1 Å². The molecule has 0 saturated carbocycles. The van der Waals surface area contributed by atoms with Gasteiger partial charge in [0.25, 0.3) is 0 Å². The topological polar surface area (TPSA) is 98.0 Å². The van der Waals surface area contributed by atoms with Crippen molar-refractivity contribution in [1.29, 1.82) is 10.5 Å². The van der Waals surface area contributed by atoms with E-state index in [1.54, 1.807) is 0 Å². The van der Waals surface area contributed by atoms with Crippen molar-refractivity contribution in [3.63, 3.8) is 0 Å². The van der Waals surface area contributed by atoms with Crippen molar-refractivity contribution in [2.75, 3.05) is 0 Å². The molecule has 0 aromatic rings. The van der Waals surface area contributed by atoms with Gasteiger partial charge in [-0.05, 0) is 0 Å². The van der Waals surface area contributed by atoms with E-state index in [-0.39, 0.29) is 28.3 Å². The summed E-state index contributed by atoms with van der Waals surface area (Å²) < 4.78 is 0. The summed E-state index contributed by atoms with van der Waals surface area (Å²) in [4.78, 5) is 2.98. The van der Waals surface area contributed by atoms with Crippen LogP contribution in [0.3, 0.4) is 0 Å². The number of aliphatic imine (C=N–C) groups is 1. The van der Waals surface area contributed by atoms with Crippen molar-refractivity contribution < 1.29 is 22.4 Å². The van der Waals surface area contributed by atoms with Crippen LogP contribution in [0, 0.1) is 22.9 Å². The Balaban J connectivity index is 0. The van der Waals surface area contributed by atoms with Crippen LogP contribution in [0.1, 0.15) is 0 Å². The number of nitrogens with two attached hydrogens (primary N) is 1. The zero-order valence-corrected chi connectivity index (χ0v) is 5.70. The third kappa shape index (κ3) is 6.99. The van der Waals surface area contributed by atoms with Gasteiger partial charge in [-0.1, -0.05) is 0 Å². The Morgan fingerprint density at radius 2 is 2.11 bits per heavy atom. The van der Waals surface area contributed by atoms with Gasteiger partial charge < -0.3 is 5.73 Å². The van der Waals surface area contributed by atoms with Crippen LogP contribution in [0.5, 0.6) is 0 Å². The van der Waals surface area contributed by atoms with Crippen molar-refractivity contribution in [1.82, 2.24) is 5.32 Å². The first-order valence-electron chi connectivity index (χ1n) is 1.68. The van der Waals surface area contributed by atoms with Gasteiger partial charge in [0.15, 0.2) is 6.19 Å². The molecule has 0 unspecified atom stereocenters. The number of rotatable bonds is 0. The average Bonchev–Trinajstić information content (AvgIpc) is 1.68. The molecule has 0 rings (SSSR count). The minimum Gasteiger partial charge on any atom is -0.368 e. The van der Waals surface area contributed by atoms with E-state index in [2.05, 4.69) is 4.99 Å². The molecule has 0 aliphatic heterocycles. The Bertz CT molecular complexity index is 172. The molecule has 0 amide bonds. The Kier molecular flexibility index (Phi) is 8.45. The Morgan fingerprint density at radius 3 is 2.44 bits per heavy atom. The smallest absolute Gasteiger partial charge is 0.368 e. The maximum atomic E-state index is 7.83. The van der Waals surface area contributed by atoms with Crippen molar-refractivity contribution in [3.8, 4) is 12.4 Å². The standard InChI is InChI=1S/C3H3N5.Ag/c4-1-7-3(6)8-2-5;/h(H3,6,7,8);/q;+1. The summed E-state index contributed by atoms with van der Waals surface area (Å²) >= 11 is 0. The van der Waals surface area contributed by atoms with E-state index in [9.17, 15) is 0 Å². The SMILES string of the molecule is N#CN=C(N)NC#N.[Ag+]. The molecule has 3 N–H and O–H groups in total. The van der Waals surface area contributed by atoms with Gasteiger partial charge in [-0.15, -0.1) is 4.99 Å². The molecule has 0 aliphatic rings. The number of nitrogens with zero attached hydrogens (tertiary/aromatic N) is 3. The van der Waals surface area contributed by atoms with Gasteiger partial charge in [0, 0.05) is 0 Å². The minimum atomic E-state index is -0.185. The van der Waals surface area contributed by atoms with Crippen LogP contribution in [-0.2, 0) is 22.4 Å². The van der Waals surface area contributed by atoms with Gasteiger partial charge in [-0.25, -0.2) is 0 Å². The summed E-state index contributed by atoms with van der Waals surface area (Å²) in [6, 6.07) is 0.